The Bertz CT molecular complexity index is 1530. The van der Waals surface area contributed by atoms with E-state index < -0.39 is 33.1 Å². The molecule has 0 fully saturated rings. The number of nitro benzene ring substituents is 2. The Morgan fingerprint density at radius 1 is 1.03 bits per heavy atom. The Kier molecular flexibility index (Phi) is 8.89. The molecule has 3 aromatic carbocycles. The second-order valence-corrected chi connectivity index (χ2v) is 9.04. The lowest BCUT2D eigenvalue weighted by molar-refractivity contribution is -0.394. The van der Waals surface area contributed by atoms with Gasteiger partial charge in [-0.1, -0.05) is 15.9 Å². The fourth-order valence-electron chi connectivity index (χ4n) is 3.06. The van der Waals surface area contributed by atoms with Gasteiger partial charge in [-0.05, 0) is 64.5 Å². The minimum absolute atomic E-state index is 0.00753. The molecule has 0 aliphatic carbocycles. The number of ether oxygens (including phenoxy) is 2. The summed E-state index contributed by atoms with van der Waals surface area (Å²) in [5.74, 6) is -1.62. The van der Waals surface area contributed by atoms with Crippen LogP contribution >= 0.6 is 31.9 Å². The molecule has 0 aromatic heterocycles. The standard InChI is InChI=1S/C24H14Br2N4O8/c1-37-24(32)13-2-4-17(5-3-13)28-23(31)15(12-27)8-14-9-16(25)10-19(26)22(14)38-21-7-6-18(29(33)34)11-20(21)30(35)36/h2-11H,1H3,(H,28,31)/b15-8+. The number of nitrogens with one attached hydrogen (secondary N) is 1. The van der Waals surface area contributed by atoms with Gasteiger partial charge in [0.1, 0.15) is 17.4 Å². The van der Waals surface area contributed by atoms with Crippen molar-refractivity contribution in [2.24, 2.45) is 0 Å². The van der Waals surface area contributed by atoms with Crippen molar-refractivity contribution in [2.75, 3.05) is 12.4 Å². The zero-order chi connectivity index (χ0) is 28.0. The molecule has 12 nitrogen and oxygen atoms in total. The molecular weight excluding hydrogens is 632 g/mol. The van der Waals surface area contributed by atoms with Crippen molar-refractivity contribution in [3.63, 3.8) is 0 Å². The van der Waals surface area contributed by atoms with Crippen LogP contribution < -0.4 is 10.1 Å². The normalized spacial score (nSPS) is 10.7. The van der Waals surface area contributed by atoms with E-state index >= 15 is 0 Å². The molecule has 0 saturated heterocycles. The Morgan fingerprint density at radius 2 is 1.71 bits per heavy atom. The highest BCUT2D eigenvalue weighted by Crippen LogP contribution is 2.41. The van der Waals surface area contributed by atoms with Gasteiger partial charge in [0.15, 0.2) is 0 Å². The van der Waals surface area contributed by atoms with E-state index in [4.69, 9.17) is 4.74 Å². The summed E-state index contributed by atoms with van der Waals surface area (Å²) in [5.41, 5.74) is -0.735. The SMILES string of the molecule is COC(=O)c1ccc(NC(=O)/C(C#N)=C/c2cc(Br)cc(Br)c2Oc2ccc([N+](=O)[O-])cc2[N+](=O)[O-])cc1. The number of methoxy groups -OCH3 is 1. The maximum atomic E-state index is 12.8. The molecule has 0 saturated carbocycles. The summed E-state index contributed by atoms with van der Waals surface area (Å²) in [6.07, 6.45) is 1.21. The van der Waals surface area contributed by atoms with Gasteiger partial charge in [0.2, 0.25) is 5.75 Å². The summed E-state index contributed by atoms with van der Waals surface area (Å²) < 4.78 is 11.2. The average Bonchev–Trinajstić information content (AvgIpc) is 2.88. The summed E-state index contributed by atoms with van der Waals surface area (Å²) in [5, 5.41) is 34.7. The first kappa shape index (κ1) is 28.0. The van der Waals surface area contributed by atoms with Gasteiger partial charge >= 0.3 is 11.7 Å². The van der Waals surface area contributed by atoms with Crippen LogP contribution in [0.5, 0.6) is 11.5 Å². The van der Waals surface area contributed by atoms with Crippen LogP contribution in [0.4, 0.5) is 17.1 Å². The van der Waals surface area contributed by atoms with E-state index in [1.54, 1.807) is 12.1 Å². The molecule has 0 heterocycles. The largest absolute Gasteiger partial charge is 0.465 e. The van der Waals surface area contributed by atoms with Gasteiger partial charge in [-0.3, -0.25) is 25.0 Å². The van der Waals surface area contributed by atoms with Crippen molar-refractivity contribution in [3.05, 3.63) is 100 Å². The first-order chi connectivity index (χ1) is 18.0. The van der Waals surface area contributed by atoms with E-state index in [1.807, 2.05) is 0 Å². The number of hydrogen-bond donors (Lipinski definition) is 1. The Hall–Kier alpha value is -4.61. The molecule has 0 aliphatic heterocycles. The van der Waals surface area contributed by atoms with Crippen LogP contribution in [0.2, 0.25) is 0 Å². The molecule has 1 amide bonds. The zero-order valence-corrected chi connectivity index (χ0v) is 22.3. The number of amides is 1. The third kappa shape index (κ3) is 6.58. The van der Waals surface area contributed by atoms with Crippen molar-refractivity contribution in [1.29, 1.82) is 5.26 Å². The fourth-order valence-corrected chi connectivity index (χ4v) is 4.40. The number of benzene rings is 3. The number of carbonyl (C=O) groups excluding carboxylic acids is 2. The summed E-state index contributed by atoms with van der Waals surface area (Å²) >= 11 is 6.60. The van der Waals surface area contributed by atoms with Crippen molar-refractivity contribution in [2.45, 2.75) is 0 Å². The molecule has 1 N–H and O–H groups in total. The number of non-ortho nitro benzene ring substituents is 1. The second kappa shape index (κ2) is 12.1. The van der Waals surface area contributed by atoms with Crippen LogP contribution in [0, 0.1) is 31.6 Å². The highest BCUT2D eigenvalue weighted by Gasteiger charge is 2.23. The third-order valence-corrected chi connectivity index (χ3v) is 5.87. The van der Waals surface area contributed by atoms with E-state index in [2.05, 4.69) is 41.9 Å². The lowest BCUT2D eigenvalue weighted by atomic mass is 10.1. The number of nitriles is 1. The van der Waals surface area contributed by atoms with Crippen molar-refractivity contribution in [1.82, 2.24) is 0 Å². The molecule has 0 unspecified atom stereocenters. The van der Waals surface area contributed by atoms with Gasteiger partial charge in [0.05, 0.1) is 33.1 Å². The molecule has 0 radical (unpaired) electrons. The molecule has 14 heteroatoms. The summed E-state index contributed by atoms with van der Waals surface area (Å²) in [6.45, 7) is 0. The van der Waals surface area contributed by atoms with Gasteiger partial charge in [-0.2, -0.15) is 5.26 Å². The monoisotopic (exact) mass is 644 g/mol. The first-order valence-corrected chi connectivity index (χ1v) is 11.8. The number of esters is 1. The number of rotatable bonds is 8. The number of carbonyl (C=O) groups is 2. The zero-order valence-electron chi connectivity index (χ0n) is 19.1. The predicted octanol–water partition coefficient (Wildman–Crippen LogP) is 6.15. The Labute approximate surface area is 231 Å². The average molecular weight is 646 g/mol. The third-order valence-electron chi connectivity index (χ3n) is 4.83. The lowest BCUT2D eigenvalue weighted by Crippen LogP contribution is -2.13. The maximum absolute atomic E-state index is 12.8. The summed E-state index contributed by atoms with van der Waals surface area (Å²) in [4.78, 5) is 45.3. The molecule has 0 spiro atoms. The molecule has 0 bridgehead atoms. The molecule has 3 rings (SSSR count). The molecule has 38 heavy (non-hydrogen) atoms. The number of hydrogen-bond acceptors (Lipinski definition) is 9. The smallest absolute Gasteiger partial charge is 0.337 e. The van der Waals surface area contributed by atoms with Crippen LogP contribution in [0.3, 0.4) is 0 Å². The maximum Gasteiger partial charge on any atom is 0.337 e. The van der Waals surface area contributed by atoms with Crippen LogP contribution in [-0.2, 0) is 9.53 Å². The molecule has 3 aromatic rings. The van der Waals surface area contributed by atoms with Crippen molar-refractivity contribution < 1.29 is 28.9 Å². The van der Waals surface area contributed by atoms with E-state index in [0.717, 1.165) is 18.2 Å². The van der Waals surface area contributed by atoms with Gasteiger partial charge in [-0.15, -0.1) is 0 Å². The fraction of sp³-hybridized carbons (Fsp3) is 0.0417. The van der Waals surface area contributed by atoms with Crippen LogP contribution in [0.15, 0.2) is 69.1 Å². The van der Waals surface area contributed by atoms with Crippen LogP contribution in [-0.4, -0.2) is 28.8 Å². The number of anilines is 1. The Balaban J connectivity index is 1.98. The Morgan fingerprint density at radius 3 is 2.29 bits per heavy atom. The molecule has 0 aliphatic rings. The minimum Gasteiger partial charge on any atom is -0.465 e. The van der Waals surface area contributed by atoms with Gasteiger partial charge in [0, 0.05) is 21.8 Å². The van der Waals surface area contributed by atoms with Crippen LogP contribution in [0.1, 0.15) is 15.9 Å². The summed E-state index contributed by atoms with van der Waals surface area (Å²) in [6, 6.07) is 13.5. The molecule has 192 valence electrons. The van der Waals surface area contributed by atoms with Crippen molar-refractivity contribution >= 4 is 66.9 Å². The quantitative estimate of drug-likeness (QED) is 0.0989. The number of halogens is 2. The first-order valence-electron chi connectivity index (χ1n) is 10.2. The van der Waals surface area contributed by atoms with E-state index in [0.29, 0.717) is 14.6 Å². The second-order valence-electron chi connectivity index (χ2n) is 7.27. The lowest BCUT2D eigenvalue weighted by Gasteiger charge is -2.13. The van der Waals surface area contributed by atoms with Crippen LogP contribution in [0.25, 0.3) is 6.08 Å². The number of nitro groups is 2. The topological polar surface area (TPSA) is 175 Å². The van der Waals surface area contributed by atoms with E-state index in [1.165, 1.54) is 43.5 Å². The van der Waals surface area contributed by atoms with Gasteiger partial charge < -0.3 is 14.8 Å². The minimum atomic E-state index is -0.829. The van der Waals surface area contributed by atoms with Gasteiger partial charge in [0.25, 0.3) is 11.6 Å². The highest BCUT2D eigenvalue weighted by atomic mass is 79.9. The molecule has 0 atom stereocenters. The van der Waals surface area contributed by atoms with E-state index in [9.17, 15) is 35.1 Å². The molecular formula is C24H14Br2N4O8. The van der Waals surface area contributed by atoms with Gasteiger partial charge in [-0.25, -0.2) is 4.79 Å². The predicted molar refractivity (Wildman–Crippen MR) is 142 cm³/mol. The van der Waals surface area contributed by atoms with E-state index in [-0.39, 0.29) is 28.2 Å². The highest BCUT2D eigenvalue weighted by molar-refractivity contribution is 9.11. The summed E-state index contributed by atoms with van der Waals surface area (Å²) in [7, 11) is 1.24. The van der Waals surface area contributed by atoms with Crippen molar-refractivity contribution in [3.8, 4) is 17.6 Å². The number of nitrogens with zero attached hydrogens (tertiary/aromatic N) is 3.